The molecule has 1 fully saturated rings. The zero-order chi connectivity index (χ0) is 15.4. The van der Waals surface area contributed by atoms with Gasteiger partial charge in [0, 0.05) is 17.4 Å². The van der Waals surface area contributed by atoms with E-state index in [1.165, 1.54) is 29.5 Å². The molecule has 0 aliphatic heterocycles. The summed E-state index contributed by atoms with van der Waals surface area (Å²) in [6.07, 6.45) is 9.07. The molecule has 0 amide bonds. The number of ketones is 1. The van der Waals surface area contributed by atoms with Gasteiger partial charge < -0.3 is 0 Å². The molecule has 0 N–H and O–H groups in total. The van der Waals surface area contributed by atoms with E-state index in [0.717, 1.165) is 24.3 Å². The van der Waals surface area contributed by atoms with E-state index in [2.05, 4.69) is 54.6 Å². The summed E-state index contributed by atoms with van der Waals surface area (Å²) in [5.41, 5.74) is 5.00. The molecule has 1 nitrogen and oxygen atoms in total. The van der Waals surface area contributed by atoms with E-state index in [4.69, 9.17) is 0 Å². The number of hydrogen-bond acceptors (Lipinski definition) is 1. The highest BCUT2D eigenvalue weighted by Crippen LogP contribution is 2.58. The Balaban J connectivity index is 1.70. The molecule has 3 unspecified atom stereocenters. The van der Waals surface area contributed by atoms with Gasteiger partial charge in [-0.25, -0.2) is 0 Å². The molecule has 0 radical (unpaired) electrons. The number of rotatable bonds is 1. The van der Waals surface area contributed by atoms with Crippen LogP contribution >= 0.6 is 0 Å². The van der Waals surface area contributed by atoms with Crippen LogP contribution in [0.15, 0.2) is 60.7 Å². The minimum Gasteiger partial charge on any atom is -0.294 e. The van der Waals surface area contributed by atoms with Gasteiger partial charge in [0.25, 0.3) is 0 Å². The second kappa shape index (κ2) is 4.67. The van der Waals surface area contributed by atoms with E-state index in [0.29, 0.717) is 11.7 Å². The maximum atomic E-state index is 12.5. The zero-order valence-corrected chi connectivity index (χ0v) is 13.2. The Hall–Kier alpha value is -2.15. The van der Waals surface area contributed by atoms with Crippen molar-refractivity contribution in [2.75, 3.05) is 0 Å². The zero-order valence-electron chi connectivity index (χ0n) is 13.2. The molecular weight excluding hydrogens is 280 g/mol. The van der Waals surface area contributed by atoms with Gasteiger partial charge in [-0.2, -0.15) is 0 Å². The number of fused-ring (bicyclic) bond motifs is 5. The Labute approximate surface area is 137 Å². The summed E-state index contributed by atoms with van der Waals surface area (Å²) in [6, 6.07) is 17.0. The summed E-state index contributed by atoms with van der Waals surface area (Å²) in [4.78, 5) is 12.5. The van der Waals surface area contributed by atoms with Crippen LogP contribution in [0.25, 0.3) is 11.1 Å². The summed E-state index contributed by atoms with van der Waals surface area (Å²) in [6.45, 7) is 0. The van der Waals surface area contributed by atoms with Gasteiger partial charge >= 0.3 is 0 Å². The molecule has 5 rings (SSSR count). The SMILES string of the molecule is O=C1CCC2(CC3C=CC2C3)c2cc(-c3ccccc3)ccc21. The normalized spacial score (nSPS) is 30.9. The molecule has 0 aromatic heterocycles. The average molecular weight is 300 g/mol. The van der Waals surface area contributed by atoms with Gasteiger partial charge in [0.15, 0.2) is 5.78 Å². The van der Waals surface area contributed by atoms with E-state index in [-0.39, 0.29) is 5.41 Å². The number of carbonyl (C=O) groups is 1. The van der Waals surface area contributed by atoms with Crippen LogP contribution in [-0.4, -0.2) is 5.78 Å². The number of benzene rings is 2. The molecule has 23 heavy (non-hydrogen) atoms. The smallest absolute Gasteiger partial charge is 0.163 e. The standard InChI is InChI=1S/C22H20O/c23-21-10-11-22(14-15-6-8-18(22)12-15)20-13-17(7-9-19(20)21)16-4-2-1-3-5-16/h1-9,13,15,18H,10-12,14H2. The summed E-state index contributed by atoms with van der Waals surface area (Å²) in [7, 11) is 0. The van der Waals surface area contributed by atoms with Crippen molar-refractivity contribution in [2.45, 2.75) is 31.1 Å². The minimum atomic E-state index is 0.216. The van der Waals surface area contributed by atoms with Crippen molar-refractivity contribution in [3.05, 3.63) is 71.8 Å². The third-order valence-corrected chi connectivity index (χ3v) is 6.27. The van der Waals surface area contributed by atoms with Gasteiger partial charge in [-0.05, 0) is 53.9 Å². The largest absolute Gasteiger partial charge is 0.294 e. The van der Waals surface area contributed by atoms with Crippen LogP contribution in [0, 0.1) is 11.8 Å². The van der Waals surface area contributed by atoms with Gasteiger partial charge in [0.1, 0.15) is 0 Å². The van der Waals surface area contributed by atoms with Crippen molar-refractivity contribution in [3.8, 4) is 11.1 Å². The van der Waals surface area contributed by atoms with Crippen LogP contribution in [0.4, 0.5) is 0 Å². The van der Waals surface area contributed by atoms with E-state index in [1.54, 1.807) is 0 Å². The molecule has 0 heterocycles. The fourth-order valence-electron chi connectivity index (χ4n) is 5.17. The highest BCUT2D eigenvalue weighted by Gasteiger charge is 2.52. The Morgan fingerprint density at radius 2 is 1.83 bits per heavy atom. The Kier molecular flexibility index (Phi) is 2.70. The summed E-state index contributed by atoms with van der Waals surface area (Å²) in [5, 5.41) is 0. The molecule has 3 aliphatic rings. The van der Waals surface area contributed by atoms with Crippen molar-refractivity contribution in [1.82, 2.24) is 0 Å². The van der Waals surface area contributed by atoms with E-state index < -0.39 is 0 Å². The van der Waals surface area contributed by atoms with Crippen LogP contribution in [0.2, 0.25) is 0 Å². The lowest BCUT2D eigenvalue weighted by Crippen LogP contribution is -2.36. The second-order valence-corrected chi connectivity index (χ2v) is 7.40. The lowest BCUT2D eigenvalue weighted by Gasteiger charge is -2.40. The molecule has 2 aromatic rings. The lowest BCUT2D eigenvalue weighted by molar-refractivity contribution is 0.0944. The van der Waals surface area contributed by atoms with Gasteiger partial charge in [0.2, 0.25) is 0 Å². The molecule has 114 valence electrons. The number of Topliss-reactive ketones (excluding diaryl/α,β-unsaturated/α-hetero) is 1. The summed E-state index contributed by atoms with van der Waals surface area (Å²) in [5.74, 6) is 1.68. The summed E-state index contributed by atoms with van der Waals surface area (Å²) < 4.78 is 0. The highest BCUT2D eigenvalue weighted by atomic mass is 16.1. The Morgan fingerprint density at radius 1 is 0.957 bits per heavy atom. The third kappa shape index (κ3) is 1.83. The van der Waals surface area contributed by atoms with Gasteiger partial charge in [-0.1, -0.05) is 54.6 Å². The van der Waals surface area contributed by atoms with Crippen molar-refractivity contribution in [3.63, 3.8) is 0 Å². The second-order valence-electron chi connectivity index (χ2n) is 7.40. The Bertz CT molecular complexity index is 817. The molecule has 2 bridgehead atoms. The van der Waals surface area contributed by atoms with Crippen LogP contribution in [0.1, 0.15) is 41.6 Å². The number of carbonyl (C=O) groups excluding carboxylic acids is 1. The highest BCUT2D eigenvalue weighted by molar-refractivity contribution is 6.00. The van der Waals surface area contributed by atoms with Crippen molar-refractivity contribution < 1.29 is 4.79 Å². The topological polar surface area (TPSA) is 17.1 Å². The van der Waals surface area contributed by atoms with Crippen molar-refractivity contribution >= 4 is 5.78 Å². The number of hydrogen-bond donors (Lipinski definition) is 0. The molecule has 0 saturated heterocycles. The predicted octanol–water partition coefficient (Wildman–Crippen LogP) is 5.16. The monoisotopic (exact) mass is 300 g/mol. The van der Waals surface area contributed by atoms with E-state index in [9.17, 15) is 4.79 Å². The van der Waals surface area contributed by atoms with Crippen molar-refractivity contribution in [1.29, 1.82) is 0 Å². The molecule has 3 aliphatic carbocycles. The fraction of sp³-hybridized carbons (Fsp3) is 0.318. The van der Waals surface area contributed by atoms with Gasteiger partial charge in [-0.15, -0.1) is 0 Å². The summed E-state index contributed by atoms with van der Waals surface area (Å²) >= 11 is 0. The molecule has 1 spiro atoms. The maximum absolute atomic E-state index is 12.5. The quantitative estimate of drug-likeness (QED) is 0.664. The van der Waals surface area contributed by atoms with Crippen LogP contribution < -0.4 is 0 Å². The van der Waals surface area contributed by atoms with Gasteiger partial charge in [0.05, 0.1) is 0 Å². The first kappa shape index (κ1) is 13.3. The first-order chi connectivity index (χ1) is 11.3. The third-order valence-electron chi connectivity index (χ3n) is 6.27. The first-order valence-corrected chi connectivity index (χ1v) is 8.68. The van der Waals surface area contributed by atoms with Gasteiger partial charge in [-0.3, -0.25) is 4.79 Å². The van der Waals surface area contributed by atoms with E-state index >= 15 is 0 Å². The van der Waals surface area contributed by atoms with Crippen LogP contribution in [0.5, 0.6) is 0 Å². The van der Waals surface area contributed by atoms with Crippen LogP contribution in [0.3, 0.4) is 0 Å². The molecule has 3 atom stereocenters. The first-order valence-electron chi connectivity index (χ1n) is 8.68. The average Bonchev–Trinajstić information content (AvgIpc) is 3.21. The Morgan fingerprint density at radius 3 is 2.57 bits per heavy atom. The van der Waals surface area contributed by atoms with E-state index in [1.807, 2.05) is 6.07 Å². The molecule has 1 saturated carbocycles. The van der Waals surface area contributed by atoms with Crippen molar-refractivity contribution in [2.24, 2.45) is 11.8 Å². The minimum absolute atomic E-state index is 0.216. The molecular formula is C22H20O. The maximum Gasteiger partial charge on any atom is 0.163 e. The fourth-order valence-corrected chi connectivity index (χ4v) is 5.17. The van der Waals surface area contributed by atoms with Crippen LogP contribution in [-0.2, 0) is 5.41 Å². The molecule has 2 aromatic carbocycles. The number of allylic oxidation sites excluding steroid dienone is 2. The lowest BCUT2D eigenvalue weighted by atomic mass is 9.62. The molecule has 1 heteroatoms. The predicted molar refractivity (Wildman–Crippen MR) is 92.5 cm³/mol.